The van der Waals surface area contributed by atoms with Crippen LogP contribution >= 0.6 is 11.6 Å². The van der Waals surface area contributed by atoms with E-state index in [1.807, 2.05) is 43.3 Å². The fourth-order valence-electron chi connectivity index (χ4n) is 1.59. The minimum Gasteiger partial charge on any atom is -0.378 e. The lowest BCUT2D eigenvalue weighted by atomic mass is 10.2. The lowest BCUT2D eigenvalue weighted by molar-refractivity contribution is 0.102. The summed E-state index contributed by atoms with van der Waals surface area (Å²) in [6.45, 7) is 0. The van der Waals surface area contributed by atoms with E-state index < -0.39 is 0 Å². The summed E-state index contributed by atoms with van der Waals surface area (Å²) in [5.41, 5.74) is 1.99. The van der Waals surface area contributed by atoms with E-state index in [9.17, 15) is 4.79 Å². The number of anilines is 2. The van der Waals surface area contributed by atoms with Gasteiger partial charge in [-0.1, -0.05) is 11.6 Å². The first kappa shape index (κ1) is 13.4. The highest BCUT2D eigenvalue weighted by molar-refractivity contribution is 6.34. The number of carbonyl (C=O) groups excluding carboxylic acids is 1. The molecule has 1 aromatic carbocycles. The Kier molecular flexibility index (Phi) is 4.02. The largest absolute Gasteiger partial charge is 0.378 e. The summed E-state index contributed by atoms with van der Waals surface area (Å²) >= 11 is 5.92. The van der Waals surface area contributed by atoms with Crippen LogP contribution < -0.4 is 10.2 Å². The Morgan fingerprint density at radius 1 is 1.21 bits per heavy atom. The maximum atomic E-state index is 12.0. The van der Waals surface area contributed by atoms with Crippen molar-refractivity contribution in [2.45, 2.75) is 0 Å². The second kappa shape index (κ2) is 5.71. The molecule has 0 aliphatic carbocycles. The molecule has 19 heavy (non-hydrogen) atoms. The fraction of sp³-hybridized carbons (Fsp3) is 0.143. The van der Waals surface area contributed by atoms with Crippen LogP contribution in [-0.2, 0) is 0 Å². The summed E-state index contributed by atoms with van der Waals surface area (Å²) in [4.78, 5) is 17.9. The molecule has 0 spiro atoms. The van der Waals surface area contributed by atoms with E-state index in [2.05, 4.69) is 10.3 Å². The van der Waals surface area contributed by atoms with Crippen molar-refractivity contribution in [1.29, 1.82) is 0 Å². The lowest BCUT2D eigenvalue weighted by Gasteiger charge is -2.13. The van der Waals surface area contributed by atoms with Gasteiger partial charge in [0, 0.05) is 31.7 Å². The van der Waals surface area contributed by atoms with Crippen LogP contribution in [0.3, 0.4) is 0 Å². The molecule has 2 aromatic rings. The maximum Gasteiger partial charge on any atom is 0.275 e. The number of amides is 1. The van der Waals surface area contributed by atoms with Gasteiger partial charge in [-0.2, -0.15) is 0 Å². The number of hydrogen-bond donors (Lipinski definition) is 1. The van der Waals surface area contributed by atoms with Crippen molar-refractivity contribution >= 4 is 28.9 Å². The molecule has 0 saturated heterocycles. The molecule has 1 heterocycles. The summed E-state index contributed by atoms with van der Waals surface area (Å²) in [7, 11) is 3.92. The van der Waals surface area contributed by atoms with Gasteiger partial charge in [-0.05, 0) is 36.4 Å². The number of hydrogen-bond acceptors (Lipinski definition) is 3. The molecule has 1 amide bonds. The van der Waals surface area contributed by atoms with Gasteiger partial charge >= 0.3 is 0 Å². The molecular weight excluding hydrogens is 262 g/mol. The Bertz CT molecular complexity index is 581. The molecule has 0 aliphatic rings. The van der Waals surface area contributed by atoms with Gasteiger partial charge in [-0.3, -0.25) is 4.79 Å². The van der Waals surface area contributed by atoms with Crippen LogP contribution in [0, 0.1) is 0 Å². The third-order valence-corrected chi connectivity index (χ3v) is 2.92. The predicted molar refractivity (Wildman–Crippen MR) is 78.0 cm³/mol. The van der Waals surface area contributed by atoms with E-state index in [-0.39, 0.29) is 11.6 Å². The van der Waals surface area contributed by atoms with Crippen LogP contribution in [0.4, 0.5) is 11.4 Å². The maximum absolute atomic E-state index is 12.0. The van der Waals surface area contributed by atoms with Gasteiger partial charge < -0.3 is 10.2 Å². The van der Waals surface area contributed by atoms with Crippen LogP contribution in [-0.4, -0.2) is 25.0 Å². The number of benzene rings is 1. The van der Waals surface area contributed by atoms with Gasteiger partial charge in [0.25, 0.3) is 5.91 Å². The highest BCUT2D eigenvalue weighted by atomic mass is 35.5. The topological polar surface area (TPSA) is 45.2 Å². The smallest absolute Gasteiger partial charge is 0.275 e. The van der Waals surface area contributed by atoms with Crippen LogP contribution in [0.15, 0.2) is 42.6 Å². The quantitative estimate of drug-likeness (QED) is 0.936. The van der Waals surface area contributed by atoms with E-state index in [1.54, 1.807) is 12.1 Å². The van der Waals surface area contributed by atoms with Crippen molar-refractivity contribution in [3.63, 3.8) is 0 Å². The Balaban J connectivity index is 2.13. The second-order valence-corrected chi connectivity index (χ2v) is 4.64. The highest BCUT2D eigenvalue weighted by Gasteiger charge is 2.11. The molecule has 4 nitrogen and oxygen atoms in total. The van der Waals surface area contributed by atoms with Crippen molar-refractivity contribution in [3.8, 4) is 0 Å². The van der Waals surface area contributed by atoms with E-state index in [1.165, 1.54) is 6.20 Å². The number of carbonyl (C=O) groups is 1. The Morgan fingerprint density at radius 2 is 1.89 bits per heavy atom. The first-order chi connectivity index (χ1) is 9.08. The summed E-state index contributed by atoms with van der Waals surface area (Å²) in [5.74, 6) is -0.316. The number of pyridine rings is 1. The van der Waals surface area contributed by atoms with Gasteiger partial charge in [0.1, 0.15) is 5.69 Å². The summed E-state index contributed by atoms with van der Waals surface area (Å²) in [6, 6.07) is 10.9. The zero-order chi connectivity index (χ0) is 13.8. The molecule has 0 atom stereocenters. The van der Waals surface area contributed by atoms with Crippen LogP contribution in [0.25, 0.3) is 0 Å². The Labute approximate surface area is 117 Å². The van der Waals surface area contributed by atoms with Gasteiger partial charge in [-0.25, -0.2) is 4.98 Å². The SMILES string of the molecule is CN(C)c1ccc(NC(=O)c2ncccc2Cl)cc1. The minimum atomic E-state index is -0.316. The standard InChI is InChI=1S/C14H14ClN3O/c1-18(2)11-7-5-10(6-8-11)17-14(19)13-12(15)4-3-9-16-13/h3-9H,1-2H3,(H,17,19). The molecule has 2 rings (SSSR count). The number of aromatic nitrogens is 1. The van der Waals surface area contributed by atoms with E-state index in [4.69, 9.17) is 11.6 Å². The molecule has 0 unspecified atom stereocenters. The molecule has 1 N–H and O–H groups in total. The first-order valence-electron chi connectivity index (χ1n) is 5.77. The first-order valence-corrected chi connectivity index (χ1v) is 6.15. The Morgan fingerprint density at radius 3 is 2.47 bits per heavy atom. The minimum absolute atomic E-state index is 0.223. The monoisotopic (exact) mass is 275 g/mol. The van der Waals surface area contributed by atoms with Gasteiger partial charge in [0.2, 0.25) is 0 Å². The molecule has 0 bridgehead atoms. The van der Waals surface area contributed by atoms with Gasteiger partial charge in [0.05, 0.1) is 5.02 Å². The van der Waals surface area contributed by atoms with E-state index in [0.29, 0.717) is 10.7 Å². The average molecular weight is 276 g/mol. The highest BCUT2D eigenvalue weighted by Crippen LogP contribution is 2.18. The van der Waals surface area contributed by atoms with Crippen molar-refractivity contribution < 1.29 is 4.79 Å². The number of nitrogens with one attached hydrogen (secondary N) is 1. The third kappa shape index (κ3) is 3.23. The number of nitrogens with zero attached hydrogens (tertiary/aromatic N) is 2. The molecule has 0 aliphatic heterocycles. The molecule has 0 radical (unpaired) electrons. The summed E-state index contributed by atoms with van der Waals surface area (Å²) in [6.07, 6.45) is 1.54. The van der Waals surface area contributed by atoms with E-state index >= 15 is 0 Å². The van der Waals surface area contributed by atoms with Gasteiger partial charge in [0.15, 0.2) is 0 Å². The number of rotatable bonds is 3. The molecule has 5 heteroatoms. The van der Waals surface area contributed by atoms with Crippen LogP contribution in [0.1, 0.15) is 10.5 Å². The zero-order valence-corrected chi connectivity index (χ0v) is 11.5. The average Bonchev–Trinajstić information content (AvgIpc) is 2.39. The third-order valence-electron chi connectivity index (χ3n) is 2.62. The van der Waals surface area contributed by atoms with Crippen molar-refractivity contribution in [1.82, 2.24) is 4.98 Å². The summed E-state index contributed by atoms with van der Waals surface area (Å²) in [5, 5.41) is 3.10. The second-order valence-electron chi connectivity index (χ2n) is 4.23. The molecule has 0 saturated carbocycles. The van der Waals surface area contributed by atoms with E-state index in [0.717, 1.165) is 5.69 Å². The number of halogens is 1. The molecule has 0 fully saturated rings. The normalized spacial score (nSPS) is 10.1. The van der Waals surface area contributed by atoms with Gasteiger partial charge in [-0.15, -0.1) is 0 Å². The van der Waals surface area contributed by atoms with Crippen LogP contribution in [0.2, 0.25) is 5.02 Å². The lowest BCUT2D eigenvalue weighted by Crippen LogP contribution is -2.14. The fourth-order valence-corrected chi connectivity index (χ4v) is 1.79. The molecule has 1 aromatic heterocycles. The van der Waals surface area contributed by atoms with Crippen molar-refractivity contribution in [2.75, 3.05) is 24.3 Å². The molecular formula is C14H14ClN3O. The van der Waals surface area contributed by atoms with Crippen LogP contribution in [0.5, 0.6) is 0 Å². The summed E-state index contributed by atoms with van der Waals surface area (Å²) < 4.78 is 0. The molecule has 98 valence electrons. The predicted octanol–water partition coefficient (Wildman–Crippen LogP) is 3.05. The van der Waals surface area contributed by atoms with Crippen molar-refractivity contribution in [2.24, 2.45) is 0 Å². The Hall–Kier alpha value is -2.07. The zero-order valence-electron chi connectivity index (χ0n) is 10.7. The van der Waals surface area contributed by atoms with Crippen molar-refractivity contribution in [3.05, 3.63) is 53.3 Å².